The molecule has 0 unspecified atom stereocenters. The van der Waals surface area contributed by atoms with Crippen molar-refractivity contribution in [2.75, 3.05) is 32.7 Å². The highest BCUT2D eigenvalue weighted by molar-refractivity contribution is 5.89. The molecule has 3 amide bonds. The van der Waals surface area contributed by atoms with E-state index in [0.717, 1.165) is 5.56 Å². The van der Waals surface area contributed by atoms with Crippen molar-refractivity contribution >= 4 is 17.7 Å². The van der Waals surface area contributed by atoms with Gasteiger partial charge in [-0.1, -0.05) is 44.2 Å². The molecular weight excluding hydrogens is 330 g/mol. The number of benzene rings is 1. The molecule has 0 aliphatic carbocycles. The van der Waals surface area contributed by atoms with Crippen LogP contribution >= 0.6 is 0 Å². The maximum absolute atomic E-state index is 12.8. The van der Waals surface area contributed by atoms with Crippen molar-refractivity contribution in [2.24, 2.45) is 11.8 Å². The van der Waals surface area contributed by atoms with Gasteiger partial charge in [-0.05, 0) is 5.56 Å². The number of hydrogen-bond acceptors (Lipinski definition) is 3. The Labute approximate surface area is 154 Å². The fourth-order valence-electron chi connectivity index (χ4n) is 3.66. The van der Waals surface area contributed by atoms with Crippen LogP contribution in [0.2, 0.25) is 0 Å². The molecule has 1 aromatic rings. The minimum absolute atomic E-state index is 0.0174. The summed E-state index contributed by atoms with van der Waals surface area (Å²) in [6.45, 7) is 7.10. The zero-order chi connectivity index (χ0) is 18.7. The number of nitrogens with zero attached hydrogens (tertiary/aromatic N) is 3. The number of carbonyl (C=O) groups is 3. The van der Waals surface area contributed by atoms with Gasteiger partial charge in [0.25, 0.3) is 0 Å². The van der Waals surface area contributed by atoms with Gasteiger partial charge in [0.15, 0.2) is 0 Å². The third kappa shape index (κ3) is 4.06. The molecule has 0 N–H and O–H groups in total. The Morgan fingerprint density at radius 3 is 2.27 bits per heavy atom. The Morgan fingerprint density at radius 2 is 1.65 bits per heavy atom. The molecule has 0 aromatic heterocycles. The van der Waals surface area contributed by atoms with E-state index in [0.29, 0.717) is 39.3 Å². The lowest BCUT2D eigenvalue weighted by atomic mass is 10.1. The predicted octanol–water partition coefficient (Wildman–Crippen LogP) is 1.36. The minimum atomic E-state index is -0.265. The number of hydrogen-bond donors (Lipinski definition) is 0. The Kier molecular flexibility index (Phi) is 5.59. The summed E-state index contributed by atoms with van der Waals surface area (Å²) in [7, 11) is 0. The van der Waals surface area contributed by atoms with Crippen LogP contribution in [0.4, 0.5) is 0 Å². The SMILES string of the molecule is CC(C)C(=O)N1CCN(C(=O)[C@H]2CC(=O)N(Cc3ccccc3)C2)CC1. The van der Waals surface area contributed by atoms with Gasteiger partial charge in [-0.3, -0.25) is 14.4 Å². The predicted molar refractivity (Wildman–Crippen MR) is 98.0 cm³/mol. The average molecular weight is 357 g/mol. The van der Waals surface area contributed by atoms with Gasteiger partial charge in [0, 0.05) is 51.6 Å². The molecule has 2 aliphatic rings. The van der Waals surface area contributed by atoms with E-state index < -0.39 is 0 Å². The van der Waals surface area contributed by atoms with Crippen molar-refractivity contribution in [2.45, 2.75) is 26.8 Å². The summed E-state index contributed by atoms with van der Waals surface area (Å²) in [5.41, 5.74) is 1.08. The largest absolute Gasteiger partial charge is 0.339 e. The fourth-order valence-corrected chi connectivity index (χ4v) is 3.66. The maximum Gasteiger partial charge on any atom is 0.228 e. The number of rotatable bonds is 4. The van der Waals surface area contributed by atoms with E-state index in [1.54, 1.807) is 4.90 Å². The van der Waals surface area contributed by atoms with E-state index in [1.165, 1.54) is 0 Å². The Balaban J connectivity index is 1.53. The molecule has 2 aliphatic heterocycles. The first-order valence-corrected chi connectivity index (χ1v) is 9.35. The smallest absolute Gasteiger partial charge is 0.228 e. The van der Waals surface area contributed by atoms with Crippen LogP contribution in [-0.2, 0) is 20.9 Å². The Morgan fingerprint density at radius 1 is 1.04 bits per heavy atom. The lowest BCUT2D eigenvalue weighted by molar-refractivity contribution is -0.143. The Hall–Kier alpha value is -2.37. The third-order valence-electron chi connectivity index (χ3n) is 5.18. The summed E-state index contributed by atoms with van der Waals surface area (Å²) < 4.78 is 0. The molecular formula is C20H27N3O3. The molecule has 1 atom stereocenters. The summed E-state index contributed by atoms with van der Waals surface area (Å²) in [5, 5.41) is 0. The van der Waals surface area contributed by atoms with Gasteiger partial charge >= 0.3 is 0 Å². The molecule has 0 spiro atoms. The lowest BCUT2D eigenvalue weighted by Gasteiger charge is -2.36. The summed E-state index contributed by atoms with van der Waals surface area (Å²) in [4.78, 5) is 42.6. The summed E-state index contributed by atoms with van der Waals surface area (Å²) in [6, 6.07) is 9.85. The first-order valence-electron chi connectivity index (χ1n) is 9.35. The van der Waals surface area contributed by atoms with Crippen LogP contribution in [0.15, 0.2) is 30.3 Å². The standard InChI is InChI=1S/C20H27N3O3/c1-15(2)19(25)21-8-10-22(11-9-21)20(26)17-12-18(24)23(14-17)13-16-6-4-3-5-7-16/h3-7,15,17H,8-14H2,1-2H3/t17-/m0/s1. The molecule has 0 saturated carbocycles. The second-order valence-electron chi connectivity index (χ2n) is 7.47. The second kappa shape index (κ2) is 7.89. The minimum Gasteiger partial charge on any atom is -0.339 e. The van der Waals surface area contributed by atoms with Gasteiger partial charge < -0.3 is 14.7 Å². The van der Waals surface area contributed by atoms with Crippen molar-refractivity contribution in [3.05, 3.63) is 35.9 Å². The average Bonchev–Trinajstić information content (AvgIpc) is 3.02. The van der Waals surface area contributed by atoms with Crippen LogP contribution in [0.5, 0.6) is 0 Å². The highest BCUT2D eigenvalue weighted by atomic mass is 16.2. The van der Waals surface area contributed by atoms with Gasteiger partial charge in [0.1, 0.15) is 0 Å². The summed E-state index contributed by atoms with van der Waals surface area (Å²) in [5.74, 6) is -0.0524. The van der Waals surface area contributed by atoms with Crippen molar-refractivity contribution in [3.8, 4) is 0 Å². The number of likely N-dealkylation sites (tertiary alicyclic amines) is 1. The lowest BCUT2D eigenvalue weighted by Crippen LogP contribution is -2.53. The first kappa shape index (κ1) is 18.4. The molecule has 6 nitrogen and oxygen atoms in total. The van der Waals surface area contributed by atoms with Gasteiger partial charge in [-0.2, -0.15) is 0 Å². The molecule has 6 heteroatoms. The molecule has 0 bridgehead atoms. The monoisotopic (exact) mass is 357 g/mol. The topological polar surface area (TPSA) is 60.9 Å². The van der Waals surface area contributed by atoms with Crippen LogP contribution in [0.3, 0.4) is 0 Å². The second-order valence-corrected chi connectivity index (χ2v) is 7.47. The summed E-state index contributed by atoms with van der Waals surface area (Å²) >= 11 is 0. The molecule has 2 fully saturated rings. The van der Waals surface area contributed by atoms with Gasteiger partial charge in [0.2, 0.25) is 17.7 Å². The third-order valence-corrected chi connectivity index (χ3v) is 5.18. The van der Waals surface area contributed by atoms with E-state index in [1.807, 2.05) is 54.0 Å². The number of piperazine rings is 1. The van der Waals surface area contributed by atoms with Crippen molar-refractivity contribution in [3.63, 3.8) is 0 Å². The highest BCUT2D eigenvalue weighted by Crippen LogP contribution is 2.23. The van der Waals surface area contributed by atoms with Crippen LogP contribution in [-0.4, -0.2) is 65.1 Å². The molecule has 140 valence electrons. The van der Waals surface area contributed by atoms with Gasteiger partial charge in [-0.15, -0.1) is 0 Å². The summed E-state index contributed by atoms with van der Waals surface area (Å²) in [6.07, 6.45) is 0.288. The van der Waals surface area contributed by atoms with Crippen LogP contribution < -0.4 is 0 Å². The quantitative estimate of drug-likeness (QED) is 0.818. The van der Waals surface area contributed by atoms with E-state index in [4.69, 9.17) is 0 Å². The van der Waals surface area contributed by atoms with Gasteiger partial charge in [-0.25, -0.2) is 0 Å². The molecule has 0 radical (unpaired) electrons. The normalized spacial score (nSPS) is 20.8. The van der Waals surface area contributed by atoms with Crippen LogP contribution in [0.1, 0.15) is 25.8 Å². The fraction of sp³-hybridized carbons (Fsp3) is 0.550. The Bertz CT molecular complexity index is 666. The molecule has 26 heavy (non-hydrogen) atoms. The van der Waals surface area contributed by atoms with Gasteiger partial charge in [0.05, 0.1) is 5.92 Å². The molecule has 2 saturated heterocycles. The molecule has 1 aromatic carbocycles. The highest BCUT2D eigenvalue weighted by Gasteiger charge is 2.37. The zero-order valence-corrected chi connectivity index (χ0v) is 15.6. The van der Waals surface area contributed by atoms with Crippen LogP contribution in [0.25, 0.3) is 0 Å². The molecule has 3 rings (SSSR count). The molecule has 2 heterocycles. The zero-order valence-electron chi connectivity index (χ0n) is 15.6. The van der Waals surface area contributed by atoms with Crippen LogP contribution in [0, 0.1) is 11.8 Å². The van der Waals surface area contributed by atoms with Crippen molar-refractivity contribution in [1.29, 1.82) is 0 Å². The van der Waals surface area contributed by atoms with E-state index in [2.05, 4.69) is 0 Å². The number of amides is 3. The van der Waals surface area contributed by atoms with E-state index >= 15 is 0 Å². The van der Waals surface area contributed by atoms with Crippen molar-refractivity contribution < 1.29 is 14.4 Å². The number of carbonyl (C=O) groups excluding carboxylic acids is 3. The van der Waals surface area contributed by atoms with E-state index in [9.17, 15) is 14.4 Å². The van der Waals surface area contributed by atoms with E-state index in [-0.39, 0.29) is 36.0 Å². The van der Waals surface area contributed by atoms with Crippen molar-refractivity contribution in [1.82, 2.24) is 14.7 Å². The maximum atomic E-state index is 12.8. The first-order chi connectivity index (χ1) is 12.5.